The van der Waals surface area contributed by atoms with Crippen LogP contribution < -0.4 is 14.4 Å². The van der Waals surface area contributed by atoms with Gasteiger partial charge in [0.15, 0.2) is 11.5 Å². The monoisotopic (exact) mass is 541 g/mol. The lowest BCUT2D eigenvalue weighted by molar-refractivity contribution is -0.0297. The van der Waals surface area contributed by atoms with Gasteiger partial charge in [0, 0.05) is 63.7 Å². The van der Waals surface area contributed by atoms with Crippen LogP contribution in [0.1, 0.15) is 18.5 Å². The number of fused-ring (bicyclic) bond motifs is 1. The van der Waals surface area contributed by atoms with Gasteiger partial charge in [0.1, 0.15) is 11.3 Å². The highest BCUT2D eigenvalue weighted by Crippen LogP contribution is 2.41. The third-order valence-corrected chi connectivity index (χ3v) is 8.77. The number of aromatic nitrogens is 3. The summed E-state index contributed by atoms with van der Waals surface area (Å²) in [6.45, 7) is 8.60. The zero-order valence-electron chi connectivity index (χ0n) is 24.2. The first-order chi connectivity index (χ1) is 19.4. The standard InChI is InChI=1S/C32H39N5O3/c1-22-30-27(35(2)31(34-30)24-8-11-28(39-4)29(18-24)40-5)19-26(33-22)23-6-9-25(10-7-23)37-14-12-32(13-15-37)20-36(21-32)16-17-38-3/h6-11,18-19H,12-17,20-21H2,1-5H3. The number of methoxy groups -OCH3 is 3. The van der Waals surface area contributed by atoms with Gasteiger partial charge in [0.2, 0.25) is 0 Å². The summed E-state index contributed by atoms with van der Waals surface area (Å²) in [5.74, 6) is 2.25. The Bertz CT molecular complexity index is 1500. The van der Waals surface area contributed by atoms with Crippen molar-refractivity contribution in [3.63, 3.8) is 0 Å². The molecule has 6 rings (SSSR count). The molecule has 2 saturated heterocycles. The second kappa shape index (κ2) is 10.7. The van der Waals surface area contributed by atoms with Gasteiger partial charge >= 0.3 is 0 Å². The zero-order chi connectivity index (χ0) is 27.9. The van der Waals surface area contributed by atoms with Crippen molar-refractivity contribution >= 4 is 16.7 Å². The number of hydrogen-bond acceptors (Lipinski definition) is 7. The number of benzene rings is 2. The van der Waals surface area contributed by atoms with Gasteiger partial charge in [0.05, 0.1) is 37.7 Å². The third-order valence-electron chi connectivity index (χ3n) is 8.77. The molecule has 1 spiro atoms. The fourth-order valence-corrected chi connectivity index (χ4v) is 6.40. The van der Waals surface area contributed by atoms with Crippen LogP contribution in [0.5, 0.6) is 11.5 Å². The van der Waals surface area contributed by atoms with Gasteiger partial charge in [-0.2, -0.15) is 0 Å². The van der Waals surface area contributed by atoms with Crippen molar-refractivity contribution in [2.75, 3.05) is 65.6 Å². The van der Waals surface area contributed by atoms with Crippen LogP contribution in [0.15, 0.2) is 48.5 Å². The van der Waals surface area contributed by atoms with Crippen molar-refractivity contribution in [3.05, 3.63) is 54.2 Å². The molecule has 2 aromatic carbocycles. The van der Waals surface area contributed by atoms with E-state index in [0.29, 0.717) is 16.9 Å². The van der Waals surface area contributed by atoms with Crippen LogP contribution in [-0.4, -0.2) is 80.1 Å². The van der Waals surface area contributed by atoms with Crippen LogP contribution in [0.25, 0.3) is 33.7 Å². The van der Waals surface area contributed by atoms with Gasteiger partial charge in [-0.1, -0.05) is 12.1 Å². The van der Waals surface area contributed by atoms with Crippen molar-refractivity contribution in [1.29, 1.82) is 0 Å². The van der Waals surface area contributed by atoms with Gasteiger partial charge in [-0.05, 0) is 61.6 Å². The molecule has 2 aliphatic rings. The normalized spacial score (nSPS) is 16.9. The van der Waals surface area contributed by atoms with Crippen LogP contribution in [0.4, 0.5) is 5.69 Å². The summed E-state index contributed by atoms with van der Waals surface area (Å²) in [6.07, 6.45) is 2.52. The smallest absolute Gasteiger partial charge is 0.161 e. The van der Waals surface area contributed by atoms with E-state index in [1.165, 1.54) is 31.6 Å². The van der Waals surface area contributed by atoms with E-state index >= 15 is 0 Å². The molecule has 40 heavy (non-hydrogen) atoms. The summed E-state index contributed by atoms with van der Waals surface area (Å²) in [4.78, 5) is 15.0. The highest BCUT2D eigenvalue weighted by atomic mass is 16.5. The number of anilines is 1. The average molecular weight is 542 g/mol. The molecule has 8 nitrogen and oxygen atoms in total. The summed E-state index contributed by atoms with van der Waals surface area (Å²) in [5, 5.41) is 0. The molecule has 2 aromatic heterocycles. The number of aryl methyl sites for hydroxylation is 2. The predicted octanol–water partition coefficient (Wildman–Crippen LogP) is 5.18. The average Bonchev–Trinajstić information content (AvgIpc) is 3.31. The van der Waals surface area contributed by atoms with Gasteiger partial charge in [-0.25, -0.2) is 4.98 Å². The fourth-order valence-electron chi connectivity index (χ4n) is 6.40. The van der Waals surface area contributed by atoms with Gasteiger partial charge in [-0.3, -0.25) is 9.88 Å². The molecule has 0 N–H and O–H groups in total. The summed E-state index contributed by atoms with van der Waals surface area (Å²) in [6, 6.07) is 16.9. The molecular formula is C32H39N5O3. The maximum Gasteiger partial charge on any atom is 0.161 e. The molecule has 4 heterocycles. The molecule has 4 aromatic rings. The number of likely N-dealkylation sites (tertiary alicyclic amines) is 1. The Morgan fingerprint density at radius 2 is 1.55 bits per heavy atom. The number of piperidine rings is 1. The van der Waals surface area contributed by atoms with E-state index in [0.717, 1.165) is 65.6 Å². The maximum absolute atomic E-state index is 5.52. The lowest BCUT2D eigenvalue weighted by Crippen LogP contribution is -2.60. The summed E-state index contributed by atoms with van der Waals surface area (Å²) in [7, 11) is 7.13. The molecule has 0 bridgehead atoms. The van der Waals surface area contributed by atoms with Crippen molar-refractivity contribution in [2.24, 2.45) is 12.5 Å². The first-order valence-corrected chi connectivity index (χ1v) is 14.1. The molecule has 0 saturated carbocycles. The Morgan fingerprint density at radius 3 is 2.23 bits per heavy atom. The molecule has 0 amide bonds. The fraction of sp³-hybridized carbons (Fsp3) is 0.438. The molecule has 0 unspecified atom stereocenters. The van der Waals surface area contributed by atoms with Crippen LogP contribution in [0.2, 0.25) is 0 Å². The molecule has 0 atom stereocenters. The number of pyridine rings is 1. The minimum atomic E-state index is 0.514. The third kappa shape index (κ3) is 4.80. The molecule has 210 valence electrons. The lowest BCUT2D eigenvalue weighted by Gasteiger charge is -2.54. The lowest BCUT2D eigenvalue weighted by atomic mass is 9.72. The number of imidazole rings is 1. The highest BCUT2D eigenvalue weighted by Gasteiger charge is 2.44. The van der Waals surface area contributed by atoms with Gasteiger partial charge in [-0.15, -0.1) is 0 Å². The largest absolute Gasteiger partial charge is 0.493 e. The summed E-state index contributed by atoms with van der Waals surface area (Å²) in [5.41, 5.74) is 7.73. The van der Waals surface area contributed by atoms with E-state index in [1.807, 2.05) is 25.1 Å². The number of hydrogen-bond donors (Lipinski definition) is 0. The quantitative estimate of drug-likeness (QED) is 0.305. The first-order valence-electron chi connectivity index (χ1n) is 14.1. The second-order valence-electron chi connectivity index (χ2n) is 11.3. The summed E-state index contributed by atoms with van der Waals surface area (Å²) >= 11 is 0. The maximum atomic E-state index is 5.52. The van der Waals surface area contributed by atoms with Crippen LogP contribution >= 0.6 is 0 Å². The van der Waals surface area contributed by atoms with Crippen LogP contribution in [0, 0.1) is 12.3 Å². The van der Waals surface area contributed by atoms with Crippen molar-refractivity contribution in [1.82, 2.24) is 19.4 Å². The van der Waals surface area contributed by atoms with Gasteiger partial charge in [0.25, 0.3) is 0 Å². The van der Waals surface area contributed by atoms with E-state index in [-0.39, 0.29) is 0 Å². The Morgan fingerprint density at radius 1 is 0.850 bits per heavy atom. The SMILES string of the molecule is COCCN1CC2(CCN(c3ccc(-c4cc5c(nc(-c6ccc(OC)c(OC)c6)n5C)c(C)n4)cc3)CC2)C1. The summed E-state index contributed by atoms with van der Waals surface area (Å²) < 4.78 is 18.3. The number of nitrogens with zero attached hydrogens (tertiary/aromatic N) is 5. The van der Waals surface area contributed by atoms with E-state index in [2.05, 4.69) is 51.7 Å². The van der Waals surface area contributed by atoms with Crippen LogP contribution in [0.3, 0.4) is 0 Å². The zero-order valence-corrected chi connectivity index (χ0v) is 24.2. The highest BCUT2D eigenvalue weighted by molar-refractivity contribution is 5.86. The van der Waals surface area contributed by atoms with Crippen molar-refractivity contribution in [3.8, 4) is 34.1 Å². The van der Waals surface area contributed by atoms with Crippen molar-refractivity contribution in [2.45, 2.75) is 19.8 Å². The van der Waals surface area contributed by atoms with Crippen LogP contribution in [-0.2, 0) is 11.8 Å². The Kier molecular flexibility index (Phi) is 7.15. The molecule has 8 heteroatoms. The minimum absolute atomic E-state index is 0.514. The Hall–Kier alpha value is -3.62. The number of rotatable bonds is 8. The first kappa shape index (κ1) is 26.6. The predicted molar refractivity (Wildman–Crippen MR) is 159 cm³/mol. The van der Waals surface area contributed by atoms with E-state index in [9.17, 15) is 0 Å². The second-order valence-corrected chi connectivity index (χ2v) is 11.3. The topological polar surface area (TPSA) is 64.9 Å². The molecule has 0 aliphatic carbocycles. The Balaban J connectivity index is 1.19. The molecular weight excluding hydrogens is 502 g/mol. The van der Waals surface area contributed by atoms with E-state index in [1.54, 1.807) is 21.3 Å². The van der Waals surface area contributed by atoms with Crippen molar-refractivity contribution < 1.29 is 14.2 Å². The molecule has 2 aliphatic heterocycles. The van der Waals surface area contributed by atoms with E-state index < -0.39 is 0 Å². The van der Waals surface area contributed by atoms with Gasteiger partial charge < -0.3 is 23.7 Å². The Labute approximate surface area is 236 Å². The minimum Gasteiger partial charge on any atom is -0.493 e. The number of ether oxygens (including phenoxy) is 3. The molecule has 0 radical (unpaired) electrons. The van der Waals surface area contributed by atoms with E-state index in [4.69, 9.17) is 24.2 Å². The molecule has 2 fully saturated rings.